The molecule has 0 heterocycles. The maximum Gasteiger partial charge on any atom is 0.227 e. The highest BCUT2D eigenvalue weighted by Gasteiger charge is 2.18. The van der Waals surface area contributed by atoms with Crippen molar-refractivity contribution in [3.63, 3.8) is 0 Å². The Morgan fingerprint density at radius 3 is 2.18 bits per heavy atom. The van der Waals surface area contributed by atoms with Crippen LogP contribution in [0.25, 0.3) is 0 Å². The van der Waals surface area contributed by atoms with E-state index in [-0.39, 0.29) is 23.5 Å². The van der Waals surface area contributed by atoms with Crippen LogP contribution in [-0.2, 0) is 22.6 Å². The summed E-state index contributed by atoms with van der Waals surface area (Å²) in [4.78, 5) is 26.4. The molecule has 2 amide bonds. The maximum atomic E-state index is 13.2. The van der Waals surface area contributed by atoms with Gasteiger partial charge in [0.1, 0.15) is 5.82 Å². The highest BCUT2D eigenvalue weighted by molar-refractivity contribution is 5.93. The zero-order valence-corrected chi connectivity index (χ0v) is 16.9. The van der Waals surface area contributed by atoms with Crippen LogP contribution in [0.2, 0.25) is 0 Å². The van der Waals surface area contributed by atoms with Gasteiger partial charge < -0.3 is 10.2 Å². The van der Waals surface area contributed by atoms with E-state index in [2.05, 4.69) is 5.32 Å². The molecule has 0 atom stereocenters. The Morgan fingerprint density at radius 1 is 1.00 bits per heavy atom. The zero-order valence-electron chi connectivity index (χ0n) is 16.9. The Bertz CT molecular complexity index is 770. The van der Waals surface area contributed by atoms with Gasteiger partial charge >= 0.3 is 0 Å². The third-order valence-corrected chi connectivity index (χ3v) is 4.32. The van der Waals surface area contributed by atoms with Gasteiger partial charge in [-0.15, -0.1) is 0 Å². The van der Waals surface area contributed by atoms with Crippen LogP contribution in [0.3, 0.4) is 0 Å². The van der Waals surface area contributed by atoms with Gasteiger partial charge in [-0.3, -0.25) is 9.59 Å². The number of amides is 2. The Morgan fingerprint density at radius 2 is 1.61 bits per heavy atom. The molecule has 0 spiro atoms. The second kappa shape index (κ2) is 10.6. The first kappa shape index (κ1) is 21.6. The van der Waals surface area contributed by atoms with Gasteiger partial charge in [0, 0.05) is 18.7 Å². The van der Waals surface area contributed by atoms with Gasteiger partial charge in [0.25, 0.3) is 0 Å². The molecular formula is C23H29FN2O2. The van der Waals surface area contributed by atoms with Gasteiger partial charge in [-0.1, -0.05) is 45.0 Å². The summed E-state index contributed by atoms with van der Waals surface area (Å²) in [6, 6.07) is 13.7. The molecule has 2 rings (SSSR count). The molecule has 4 nitrogen and oxygen atoms in total. The molecule has 0 saturated heterocycles. The van der Waals surface area contributed by atoms with Crippen molar-refractivity contribution in [2.24, 2.45) is 5.92 Å². The molecule has 0 radical (unpaired) electrons. The summed E-state index contributed by atoms with van der Waals surface area (Å²) in [6.45, 7) is 7.07. The molecule has 0 aliphatic carbocycles. The van der Waals surface area contributed by atoms with Crippen LogP contribution in [0.5, 0.6) is 0 Å². The van der Waals surface area contributed by atoms with Crippen molar-refractivity contribution >= 4 is 17.5 Å². The molecular weight excluding hydrogens is 355 g/mol. The predicted molar refractivity (Wildman–Crippen MR) is 110 cm³/mol. The number of rotatable bonds is 9. The Balaban J connectivity index is 2.16. The zero-order chi connectivity index (χ0) is 20.5. The molecule has 2 aromatic rings. The summed E-state index contributed by atoms with van der Waals surface area (Å²) >= 11 is 0. The fraction of sp³-hybridized carbons (Fsp3) is 0.391. The van der Waals surface area contributed by atoms with Crippen molar-refractivity contribution in [2.75, 3.05) is 11.4 Å². The molecule has 0 aliphatic heterocycles. The van der Waals surface area contributed by atoms with Crippen molar-refractivity contribution in [2.45, 2.75) is 46.6 Å². The van der Waals surface area contributed by atoms with Gasteiger partial charge in [-0.25, -0.2) is 4.39 Å². The Hall–Kier alpha value is -2.69. The van der Waals surface area contributed by atoms with E-state index >= 15 is 0 Å². The molecule has 0 fully saturated rings. The second-order valence-corrected chi connectivity index (χ2v) is 7.40. The standard InChI is InChI=1S/C23H29FN2O2/c1-4-13-25-22(27)15-18-7-11-21(12-8-18)26(23(28)14-17(2)3)16-19-5-9-20(24)10-6-19/h5-12,17H,4,13-16H2,1-3H3,(H,25,27). The molecule has 1 N–H and O–H groups in total. The SMILES string of the molecule is CCCNC(=O)Cc1ccc(N(Cc2ccc(F)cc2)C(=O)CC(C)C)cc1. The molecule has 0 bridgehead atoms. The van der Waals surface area contributed by atoms with Gasteiger partial charge in [0.2, 0.25) is 11.8 Å². The lowest BCUT2D eigenvalue weighted by Gasteiger charge is -2.24. The average molecular weight is 384 g/mol. The van der Waals surface area contributed by atoms with E-state index in [4.69, 9.17) is 0 Å². The highest BCUT2D eigenvalue weighted by atomic mass is 19.1. The summed E-state index contributed by atoms with van der Waals surface area (Å²) in [5.74, 6) is -0.0410. The molecule has 150 valence electrons. The first-order valence-electron chi connectivity index (χ1n) is 9.79. The lowest BCUT2D eigenvalue weighted by Crippen LogP contribution is -2.31. The van der Waals surface area contributed by atoms with Crippen LogP contribution in [0.4, 0.5) is 10.1 Å². The molecule has 0 unspecified atom stereocenters. The Kier molecular flexibility index (Phi) is 8.18. The monoisotopic (exact) mass is 384 g/mol. The van der Waals surface area contributed by atoms with Crippen LogP contribution in [0, 0.1) is 11.7 Å². The summed E-state index contributed by atoms with van der Waals surface area (Å²) in [6.07, 6.45) is 1.65. The summed E-state index contributed by atoms with van der Waals surface area (Å²) < 4.78 is 13.2. The van der Waals surface area contributed by atoms with Crippen LogP contribution in [0.1, 0.15) is 44.7 Å². The van der Waals surface area contributed by atoms with Crippen LogP contribution in [-0.4, -0.2) is 18.4 Å². The number of halogens is 1. The largest absolute Gasteiger partial charge is 0.356 e. The van der Waals surface area contributed by atoms with Crippen molar-refractivity contribution in [1.29, 1.82) is 0 Å². The van der Waals surface area contributed by atoms with Gasteiger partial charge in [-0.2, -0.15) is 0 Å². The van der Waals surface area contributed by atoms with E-state index < -0.39 is 0 Å². The second-order valence-electron chi connectivity index (χ2n) is 7.40. The molecule has 5 heteroatoms. The molecule has 2 aromatic carbocycles. The van der Waals surface area contributed by atoms with Crippen LogP contribution in [0.15, 0.2) is 48.5 Å². The topological polar surface area (TPSA) is 49.4 Å². The minimum Gasteiger partial charge on any atom is -0.356 e. The summed E-state index contributed by atoms with van der Waals surface area (Å²) in [5.41, 5.74) is 2.53. The number of benzene rings is 2. The van der Waals surface area contributed by atoms with Crippen LogP contribution < -0.4 is 10.2 Å². The first-order chi connectivity index (χ1) is 13.4. The fourth-order valence-electron chi connectivity index (χ4n) is 2.86. The highest BCUT2D eigenvalue weighted by Crippen LogP contribution is 2.21. The first-order valence-corrected chi connectivity index (χ1v) is 9.79. The van der Waals surface area contributed by atoms with Gasteiger partial charge in [-0.05, 0) is 47.7 Å². The minimum absolute atomic E-state index is 0.00588. The average Bonchev–Trinajstić information content (AvgIpc) is 2.66. The van der Waals surface area contributed by atoms with Crippen molar-refractivity contribution < 1.29 is 14.0 Å². The number of hydrogen-bond acceptors (Lipinski definition) is 2. The van der Waals surface area contributed by atoms with E-state index in [0.717, 1.165) is 23.2 Å². The Labute approximate surface area is 166 Å². The predicted octanol–water partition coefficient (Wildman–Crippen LogP) is 4.47. The lowest BCUT2D eigenvalue weighted by atomic mass is 10.1. The smallest absolute Gasteiger partial charge is 0.227 e. The lowest BCUT2D eigenvalue weighted by molar-refractivity contribution is -0.120. The summed E-state index contributed by atoms with van der Waals surface area (Å²) in [7, 11) is 0. The number of nitrogens with one attached hydrogen (secondary N) is 1. The van der Waals surface area contributed by atoms with Gasteiger partial charge in [0.05, 0.1) is 13.0 Å². The van der Waals surface area contributed by atoms with Crippen molar-refractivity contribution in [3.8, 4) is 0 Å². The number of nitrogens with zero attached hydrogens (tertiary/aromatic N) is 1. The molecule has 0 aliphatic rings. The molecule has 0 aromatic heterocycles. The number of carbonyl (C=O) groups is 2. The van der Waals surface area contributed by atoms with Crippen molar-refractivity contribution in [3.05, 3.63) is 65.5 Å². The van der Waals surface area contributed by atoms with E-state index in [1.165, 1.54) is 12.1 Å². The maximum absolute atomic E-state index is 13.2. The van der Waals surface area contributed by atoms with E-state index in [9.17, 15) is 14.0 Å². The van der Waals surface area contributed by atoms with E-state index in [1.807, 2.05) is 45.0 Å². The van der Waals surface area contributed by atoms with Crippen molar-refractivity contribution in [1.82, 2.24) is 5.32 Å². The van der Waals surface area contributed by atoms with Crippen LogP contribution >= 0.6 is 0 Å². The normalized spacial score (nSPS) is 10.8. The quantitative estimate of drug-likeness (QED) is 0.693. The number of carbonyl (C=O) groups excluding carboxylic acids is 2. The summed E-state index contributed by atoms with van der Waals surface area (Å²) in [5, 5.41) is 2.86. The number of hydrogen-bond donors (Lipinski definition) is 1. The van der Waals surface area contributed by atoms with Gasteiger partial charge in [0.15, 0.2) is 0 Å². The van der Waals surface area contributed by atoms with E-state index in [0.29, 0.717) is 25.9 Å². The van der Waals surface area contributed by atoms with E-state index in [1.54, 1.807) is 17.0 Å². The minimum atomic E-state index is -0.297. The molecule has 0 saturated carbocycles. The third-order valence-electron chi connectivity index (χ3n) is 4.32. The fourth-order valence-corrected chi connectivity index (χ4v) is 2.86. The number of anilines is 1. The molecule has 28 heavy (non-hydrogen) atoms. The third kappa shape index (κ3) is 6.80.